The van der Waals surface area contributed by atoms with E-state index in [4.69, 9.17) is 5.53 Å². The number of azide groups is 1. The van der Waals surface area contributed by atoms with Crippen LogP contribution in [0.25, 0.3) is 10.4 Å². The van der Waals surface area contributed by atoms with Crippen LogP contribution in [-0.2, 0) is 6.54 Å². The number of carbonyl (C=O) groups excluding carboxylic acids is 1. The number of thiophene rings is 1. The molecule has 0 unspecified atom stereocenters. The van der Waals surface area contributed by atoms with Crippen LogP contribution < -0.4 is 5.32 Å². The van der Waals surface area contributed by atoms with Gasteiger partial charge in [0.05, 0.1) is 11.4 Å². The van der Waals surface area contributed by atoms with Gasteiger partial charge in [-0.05, 0) is 49.8 Å². The normalized spacial score (nSPS) is 14.3. The Morgan fingerprint density at radius 1 is 1.45 bits per heavy atom. The second-order valence-corrected chi connectivity index (χ2v) is 5.94. The highest BCUT2D eigenvalue weighted by Gasteiger charge is 2.09. The van der Waals surface area contributed by atoms with E-state index < -0.39 is 0 Å². The predicted molar refractivity (Wildman–Crippen MR) is 80.7 cm³/mol. The number of nitrogens with one attached hydrogen (secondary N) is 1. The van der Waals surface area contributed by atoms with Crippen molar-refractivity contribution in [2.75, 3.05) is 6.54 Å². The molecule has 1 aromatic rings. The van der Waals surface area contributed by atoms with E-state index in [1.165, 1.54) is 42.6 Å². The summed E-state index contributed by atoms with van der Waals surface area (Å²) in [5, 5.41) is 6.43. The van der Waals surface area contributed by atoms with Gasteiger partial charge in [-0.1, -0.05) is 16.8 Å². The highest BCUT2D eigenvalue weighted by atomic mass is 32.1. The Labute approximate surface area is 122 Å². The summed E-state index contributed by atoms with van der Waals surface area (Å²) in [5.74, 6) is -0.0430. The second kappa shape index (κ2) is 7.72. The summed E-state index contributed by atoms with van der Waals surface area (Å²) in [6, 6.07) is 3.61. The Morgan fingerprint density at radius 3 is 3.10 bits per heavy atom. The van der Waals surface area contributed by atoms with Crippen molar-refractivity contribution in [3.05, 3.63) is 44.0 Å². The van der Waals surface area contributed by atoms with Gasteiger partial charge >= 0.3 is 0 Å². The Kier molecular flexibility index (Phi) is 5.65. The van der Waals surface area contributed by atoms with Crippen molar-refractivity contribution in [3.8, 4) is 0 Å². The zero-order valence-electron chi connectivity index (χ0n) is 11.3. The number of hydrogen-bond acceptors (Lipinski definition) is 3. The van der Waals surface area contributed by atoms with Crippen molar-refractivity contribution in [2.45, 2.75) is 38.6 Å². The Morgan fingerprint density at radius 2 is 2.35 bits per heavy atom. The molecule has 0 saturated carbocycles. The molecule has 6 heteroatoms. The minimum atomic E-state index is -0.0430. The van der Waals surface area contributed by atoms with Crippen molar-refractivity contribution in [1.29, 1.82) is 0 Å². The number of carbonyl (C=O) groups is 1. The molecule has 0 radical (unpaired) electrons. The van der Waals surface area contributed by atoms with Gasteiger partial charge in [0.1, 0.15) is 0 Å². The molecule has 1 aliphatic carbocycles. The summed E-state index contributed by atoms with van der Waals surface area (Å²) in [6.45, 7) is 0.996. The Hall–Kier alpha value is -1.78. The standard InChI is InChI=1S/C14H18N4OS/c15-18-17-10-12-6-7-13(20-12)14(19)16-9-8-11-4-2-1-3-5-11/h4,6-7H,1-3,5,8-10H2,(H,16,19). The van der Waals surface area contributed by atoms with E-state index in [9.17, 15) is 4.79 Å². The van der Waals surface area contributed by atoms with E-state index in [-0.39, 0.29) is 5.91 Å². The monoisotopic (exact) mass is 290 g/mol. The van der Waals surface area contributed by atoms with Gasteiger partial charge in [0.25, 0.3) is 5.91 Å². The lowest BCUT2D eigenvalue weighted by Gasteiger charge is -2.12. The fraction of sp³-hybridized carbons (Fsp3) is 0.500. The molecule has 0 bridgehead atoms. The van der Waals surface area contributed by atoms with Crippen LogP contribution >= 0.6 is 11.3 Å². The molecule has 0 spiro atoms. The minimum Gasteiger partial charge on any atom is -0.351 e. The summed E-state index contributed by atoms with van der Waals surface area (Å²) >= 11 is 1.38. The van der Waals surface area contributed by atoms with Crippen LogP contribution in [0, 0.1) is 0 Å². The van der Waals surface area contributed by atoms with E-state index in [0.29, 0.717) is 18.0 Å². The van der Waals surface area contributed by atoms with Gasteiger partial charge < -0.3 is 5.32 Å². The predicted octanol–water partition coefficient (Wildman–Crippen LogP) is 4.18. The van der Waals surface area contributed by atoms with E-state index in [1.807, 2.05) is 6.07 Å². The lowest BCUT2D eigenvalue weighted by Crippen LogP contribution is -2.24. The van der Waals surface area contributed by atoms with E-state index >= 15 is 0 Å². The van der Waals surface area contributed by atoms with Crippen molar-refractivity contribution < 1.29 is 4.79 Å². The number of nitrogens with zero attached hydrogens (tertiary/aromatic N) is 3. The highest BCUT2D eigenvalue weighted by molar-refractivity contribution is 7.14. The van der Waals surface area contributed by atoms with Crippen molar-refractivity contribution in [2.24, 2.45) is 5.11 Å². The van der Waals surface area contributed by atoms with Crippen LogP contribution in [0.1, 0.15) is 46.7 Å². The van der Waals surface area contributed by atoms with E-state index in [1.54, 1.807) is 6.07 Å². The molecular formula is C14H18N4OS. The topological polar surface area (TPSA) is 77.9 Å². The first-order valence-electron chi connectivity index (χ1n) is 6.85. The quantitative estimate of drug-likeness (QED) is 0.363. The maximum absolute atomic E-state index is 11.9. The van der Waals surface area contributed by atoms with E-state index in [2.05, 4.69) is 21.4 Å². The largest absolute Gasteiger partial charge is 0.351 e. The van der Waals surface area contributed by atoms with Crippen LogP contribution in [0.2, 0.25) is 0 Å². The molecule has 0 aliphatic heterocycles. The number of allylic oxidation sites excluding steroid dienone is 1. The molecule has 2 rings (SSSR count). The van der Waals surface area contributed by atoms with Crippen LogP contribution in [0.5, 0.6) is 0 Å². The van der Waals surface area contributed by atoms with Gasteiger partial charge in [-0.2, -0.15) is 0 Å². The average molecular weight is 290 g/mol. The lowest BCUT2D eigenvalue weighted by molar-refractivity contribution is 0.0958. The van der Waals surface area contributed by atoms with Gasteiger partial charge in [0.15, 0.2) is 0 Å². The first kappa shape index (κ1) is 14.6. The highest BCUT2D eigenvalue weighted by Crippen LogP contribution is 2.20. The maximum atomic E-state index is 11.9. The van der Waals surface area contributed by atoms with Gasteiger partial charge in [0.2, 0.25) is 0 Å². The summed E-state index contributed by atoms with van der Waals surface area (Å²) < 4.78 is 0. The Bertz CT molecular complexity index is 543. The van der Waals surface area contributed by atoms with Crippen molar-refractivity contribution >= 4 is 17.2 Å². The molecule has 1 heterocycles. The molecule has 106 valence electrons. The van der Waals surface area contributed by atoms with Crippen LogP contribution in [0.4, 0.5) is 0 Å². The molecule has 1 aliphatic rings. The smallest absolute Gasteiger partial charge is 0.261 e. The van der Waals surface area contributed by atoms with E-state index in [0.717, 1.165) is 11.3 Å². The summed E-state index contributed by atoms with van der Waals surface area (Å²) in [4.78, 5) is 16.2. The van der Waals surface area contributed by atoms with Crippen LogP contribution in [0.15, 0.2) is 28.9 Å². The third-order valence-electron chi connectivity index (χ3n) is 3.29. The summed E-state index contributed by atoms with van der Waals surface area (Å²) in [5.41, 5.74) is 9.73. The van der Waals surface area contributed by atoms with Crippen LogP contribution in [-0.4, -0.2) is 12.5 Å². The zero-order valence-corrected chi connectivity index (χ0v) is 12.2. The first-order valence-corrected chi connectivity index (χ1v) is 7.67. The third kappa shape index (κ3) is 4.40. The number of amides is 1. The summed E-state index contributed by atoms with van der Waals surface area (Å²) in [7, 11) is 0. The SMILES string of the molecule is [N-]=[N+]=NCc1ccc(C(=O)NCCC2=CCCCC2)s1. The molecule has 5 nitrogen and oxygen atoms in total. The first-order chi connectivity index (χ1) is 9.79. The third-order valence-corrected chi connectivity index (χ3v) is 4.36. The molecular weight excluding hydrogens is 272 g/mol. The molecule has 1 N–H and O–H groups in total. The van der Waals surface area contributed by atoms with Crippen molar-refractivity contribution in [1.82, 2.24) is 5.32 Å². The lowest BCUT2D eigenvalue weighted by atomic mass is 9.97. The zero-order chi connectivity index (χ0) is 14.2. The molecule has 0 saturated heterocycles. The van der Waals surface area contributed by atoms with Gasteiger partial charge in [0, 0.05) is 16.3 Å². The molecule has 20 heavy (non-hydrogen) atoms. The van der Waals surface area contributed by atoms with Gasteiger partial charge in [-0.25, -0.2) is 0 Å². The molecule has 0 atom stereocenters. The maximum Gasteiger partial charge on any atom is 0.261 e. The second-order valence-electron chi connectivity index (χ2n) is 4.77. The molecule has 1 amide bonds. The average Bonchev–Trinajstić information content (AvgIpc) is 2.95. The Balaban J connectivity index is 1.77. The number of rotatable bonds is 6. The molecule has 0 aromatic carbocycles. The van der Waals surface area contributed by atoms with Crippen LogP contribution in [0.3, 0.4) is 0 Å². The molecule has 0 fully saturated rings. The summed E-state index contributed by atoms with van der Waals surface area (Å²) in [6.07, 6.45) is 8.16. The fourth-order valence-electron chi connectivity index (χ4n) is 2.24. The van der Waals surface area contributed by atoms with Gasteiger partial charge in [-0.15, -0.1) is 11.3 Å². The minimum absolute atomic E-state index is 0.0430. The fourth-order valence-corrected chi connectivity index (χ4v) is 3.08. The number of hydrogen-bond donors (Lipinski definition) is 1. The van der Waals surface area contributed by atoms with Gasteiger partial charge in [-0.3, -0.25) is 4.79 Å². The molecule has 1 aromatic heterocycles. The van der Waals surface area contributed by atoms with Crippen molar-refractivity contribution in [3.63, 3.8) is 0 Å².